The van der Waals surface area contributed by atoms with Crippen LogP contribution in [-0.2, 0) is 0 Å². The molecule has 3 heterocycles. The van der Waals surface area contributed by atoms with Gasteiger partial charge in [0.15, 0.2) is 0 Å². The summed E-state index contributed by atoms with van der Waals surface area (Å²) >= 11 is 0. The predicted octanol–water partition coefficient (Wildman–Crippen LogP) is 8.94. The van der Waals surface area contributed by atoms with Crippen LogP contribution in [0, 0.1) is 0 Å². The van der Waals surface area contributed by atoms with Crippen LogP contribution < -0.4 is 0 Å². The molecule has 0 saturated carbocycles. The number of hydrogen-bond donors (Lipinski definition) is 0. The highest BCUT2D eigenvalue weighted by molar-refractivity contribution is 6.14. The molecule has 0 N–H and O–H groups in total. The van der Waals surface area contributed by atoms with Crippen LogP contribution in [-0.4, -0.2) is 14.1 Å². The third kappa shape index (κ3) is 2.99. The molecule has 3 nitrogen and oxygen atoms in total. The Kier molecular flexibility index (Phi) is 4.52. The number of pyridine rings is 1. The number of nitrogens with zero attached hydrogens (tertiary/aromatic N) is 3. The first-order valence-electron chi connectivity index (χ1n) is 12.9. The molecule has 0 radical (unpaired) electrons. The highest BCUT2D eigenvalue weighted by atomic mass is 15.0. The van der Waals surface area contributed by atoms with Crippen LogP contribution in [0.2, 0.25) is 0 Å². The average Bonchev–Trinajstić information content (AvgIpc) is 3.51. The Morgan fingerprint density at radius 1 is 0.395 bits per heavy atom. The summed E-state index contributed by atoms with van der Waals surface area (Å²) in [6.45, 7) is 0. The standard InChI is InChI=1S/C35H23N3/c1-3-12-24(13-4-1)37-32-21-10-8-17-29(32)34-33(37)23-22-30(36-34)28-19-11-18-27-26-16-7-9-20-31(26)38(35(27)28)25-14-5-2-6-15-25/h1-23H. The van der Waals surface area contributed by atoms with E-state index in [0.29, 0.717) is 0 Å². The van der Waals surface area contributed by atoms with Crippen molar-refractivity contribution in [2.75, 3.05) is 0 Å². The molecular weight excluding hydrogens is 462 g/mol. The van der Waals surface area contributed by atoms with Crippen LogP contribution in [0.1, 0.15) is 0 Å². The number of aromatic nitrogens is 3. The quantitative estimate of drug-likeness (QED) is 0.245. The molecule has 0 aliphatic heterocycles. The van der Waals surface area contributed by atoms with E-state index in [9.17, 15) is 0 Å². The summed E-state index contributed by atoms with van der Waals surface area (Å²) in [5.74, 6) is 0. The summed E-state index contributed by atoms with van der Waals surface area (Å²) in [5.41, 5.74) is 10.0. The minimum atomic E-state index is 0.971. The lowest BCUT2D eigenvalue weighted by Crippen LogP contribution is -1.96. The Labute approximate surface area is 219 Å². The molecule has 3 aromatic heterocycles. The lowest BCUT2D eigenvalue weighted by molar-refractivity contribution is 1.17. The van der Waals surface area contributed by atoms with E-state index < -0.39 is 0 Å². The van der Waals surface area contributed by atoms with Gasteiger partial charge in [-0.05, 0) is 48.5 Å². The van der Waals surface area contributed by atoms with Crippen molar-refractivity contribution in [2.45, 2.75) is 0 Å². The second-order valence-electron chi connectivity index (χ2n) is 9.64. The van der Waals surface area contributed by atoms with E-state index >= 15 is 0 Å². The largest absolute Gasteiger partial charge is 0.309 e. The molecule has 0 fully saturated rings. The molecule has 3 heteroatoms. The number of hydrogen-bond acceptors (Lipinski definition) is 1. The fraction of sp³-hybridized carbons (Fsp3) is 0. The van der Waals surface area contributed by atoms with E-state index in [0.717, 1.165) is 44.6 Å². The van der Waals surface area contributed by atoms with Gasteiger partial charge in [0.25, 0.3) is 0 Å². The topological polar surface area (TPSA) is 22.8 Å². The number of rotatable bonds is 3. The van der Waals surface area contributed by atoms with Gasteiger partial charge in [0.05, 0.1) is 33.3 Å². The van der Waals surface area contributed by atoms with Gasteiger partial charge in [-0.1, -0.05) is 91.0 Å². The molecule has 8 aromatic rings. The highest BCUT2D eigenvalue weighted by Gasteiger charge is 2.19. The normalized spacial score (nSPS) is 11.7. The first-order chi connectivity index (χ1) is 18.9. The lowest BCUT2D eigenvalue weighted by atomic mass is 10.1. The van der Waals surface area contributed by atoms with Gasteiger partial charge in [0.1, 0.15) is 0 Å². The molecule has 178 valence electrons. The fourth-order valence-electron chi connectivity index (χ4n) is 5.90. The SMILES string of the molecule is c1ccc(-n2c3ccccc3c3nc(-c4cccc5c6ccccc6n(-c6ccccc6)c45)ccc32)cc1. The molecule has 0 atom stereocenters. The van der Waals surface area contributed by atoms with Gasteiger partial charge in [-0.2, -0.15) is 0 Å². The Bertz CT molecular complexity index is 2120. The average molecular weight is 486 g/mol. The molecule has 0 unspecified atom stereocenters. The summed E-state index contributed by atoms with van der Waals surface area (Å²) < 4.78 is 4.68. The maximum atomic E-state index is 5.34. The van der Waals surface area contributed by atoms with Crippen molar-refractivity contribution in [3.63, 3.8) is 0 Å². The van der Waals surface area contributed by atoms with Crippen molar-refractivity contribution in [3.8, 4) is 22.6 Å². The van der Waals surface area contributed by atoms with E-state index in [2.05, 4.69) is 149 Å². The molecule has 8 rings (SSSR count). The molecule has 38 heavy (non-hydrogen) atoms. The molecular formula is C35H23N3. The van der Waals surface area contributed by atoms with Gasteiger partial charge in [0, 0.05) is 33.1 Å². The monoisotopic (exact) mass is 485 g/mol. The van der Waals surface area contributed by atoms with Gasteiger partial charge in [0.2, 0.25) is 0 Å². The number of para-hydroxylation sites is 5. The number of fused-ring (bicyclic) bond motifs is 6. The summed E-state index contributed by atoms with van der Waals surface area (Å²) in [5, 5.41) is 3.63. The van der Waals surface area contributed by atoms with E-state index in [1.165, 1.54) is 21.8 Å². The van der Waals surface area contributed by atoms with Crippen LogP contribution in [0.25, 0.3) is 66.4 Å². The van der Waals surface area contributed by atoms with Crippen molar-refractivity contribution in [1.29, 1.82) is 0 Å². The lowest BCUT2D eigenvalue weighted by Gasteiger charge is -2.11. The molecule has 5 aromatic carbocycles. The van der Waals surface area contributed by atoms with Crippen molar-refractivity contribution in [2.24, 2.45) is 0 Å². The molecule has 0 aliphatic carbocycles. The van der Waals surface area contributed by atoms with Crippen molar-refractivity contribution >= 4 is 43.7 Å². The van der Waals surface area contributed by atoms with Gasteiger partial charge < -0.3 is 9.13 Å². The molecule has 0 aliphatic rings. The van der Waals surface area contributed by atoms with Crippen LogP contribution in [0.5, 0.6) is 0 Å². The molecule has 0 spiro atoms. The van der Waals surface area contributed by atoms with E-state index in [1.807, 2.05) is 0 Å². The maximum Gasteiger partial charge on any atom is 0.0971 e. The highest BCUT2D eigenvalue weighted by Crippen LogP contribution is 2.39. The van der Waals surface area contributed by atoms with Crippen LogP contribution in [0.3, 0.4) is 0 Å². The summed E-state index contributed by atoms with van der Waals surface area (Å²) in [6, 6.07) is 49.3. The Balaban J connectivity index is 1.46. The first kappa shape index (κ1) is 21.0. The zero-order chi connectivity index (χ0) is 25.1. The zero-order valence-electron chi connectivity index (χ0n) is 20.6. The summed E-state index contributed by atoms with van der Waals surface area (Å²) in [7, 11) is 0. The van der Waals surface area contributed by atoms with E-state index in [1.54, 1.807) is 0 Å². The van der Waals surface area contributed by atoms with Crippen LogP contribution in [0.15, 0.2) is 140 Å². The molecule has 0 bridgehead atoms. The Hall–Kier alpha value is -5.15. The zero-order valence-corrected chi connectivity index (χ0v) is 20.6. The Morgan fingerprint density at radius 2 is 0.974 bits per heavy atom. The van der Waals surface area contributed by atoms with Crippen molar-refractivity contribution < 1.29 is 0 Å². The number of benzene rings is 5. The predicted molar refractivity (Wildman–Crippen MR) is 158 cm³/mol. The maximum absolute atomic E-state index is 5.34. The van der Waals surface area contributed by atoms with Crippen LogP contribution in [0.4, 0.5) is 0 Å². The third-order valence-corrected chi connectivity index (χ3v) is 7.51. The van der Waals surface area contributed by atoms with Crippen molar-refractivity contribution in [3.05, 3.63) is 140 Å². The van der Waals surface area contributed by atoms with Crippen LogP contribution >= 0.6 is 0 Å². The second kappa shape index (κ2) is 8.19. The van der Waals surface area contributed by atoms with E-state index in [-0.39, 0.29) is 0 Å². The van der Waals surface area contributed by atoms with Gasteiger partial charge in [-0.15, -0.1) is 0 Å². The third-order valence-electron chi connectivity index (χ3n) is 7.51. The minimum absolute atomic E-state index is 0.971. The summed E-state index contributed by atoms with van der Waals surface area (Å²) in [4.78, 5) is 5.34. The van der Waals surface area contributed by atoms with Gasteiger partial charge >= 0.3 is 0 Å². The molecule has 0 amide bonds. The van der Waals surface area contributed by atoms with E-state index in [4.69, 9.17) is 4.98 Å². The fourth-order valence-corrected chi connectivity index (χ4v) is 5.90. The van der Waals surface area contributed by atoms with Gasteiger partial charge in [-0.25, -0.2) is 4.98 Å². The summed E-state index contributed by atoms with van der Waals surface area (Å²) in [6.07, 6.45) is 0. The smallest absolute Gasteiger partial charge is 0.0971 e. The second-order valence-corrected chi connectivity index (χ2v) is 9.64. The minimum Gasteiger partial charge on any atom is -0.309 e. The van der Waals surface area contributed by atoms with Gasteiger partial charge in [-0.3, -0.25) is 0 Å². The first-order valence-corrected chi connectivity index (χ1v) is 12.9. The Morgan fingerprint density at radius 3 is 1.71 bits per heavy atom. The van der Waals surface area contributed by atoms with Crippen molar-refractivity contribution in [1.82, 2.24) is 14.1 Å². The molecule has 0 saturated heterocycles.